The third kappa shape index (κ3) is 5.79. The molecule has 9 nitrogen and oxygen atoms in total. The molecule has 0 spiro atoms. The summed E-state index contributed by atoms with van der Waals surface area (Å²) >= 11 is 0. The molecule has 0 bridgehead atoms. The molecule has 1 atom stereocenters. The van der Waals surface area contributed by atoms with Gasteiger partial charge in [-0.05, 0) is 43.4 Å². The minimum atomic E-state index is -4.58. The molecule has 38 heavy (non-hydrogen) atoms. The van der Waals surface area contributed by atoms with Gasteiger partial charge in [-0.1, -0.05) is 12.1 Å². The van der Waals surface area contributed by atoms with Gasteiger partial charge in [-0.25, -0.2) is 0 Å². The Morgan fingerprint density at radius 2 is 1.71 bits per heavy atom. The maximum atomic E-state index is 13.2. The van der Waals surface area contributed by atoms with E-state index in [1.165, 1.54) is 5.56 Å². The van der Waals surface area contributed by atoms with Gasteiger partial charge < -0.3 is 14.5 Å². The molecule has 0 radical (unpaired) electrons. The number of hydrogen-bond donors (Lipinski definition) is 0. The molecule has 0 aliphatic carbocycles. The normalized spacial score (nSPS) is 20.2. The highest BCUT2D eigenvalue weighted by molar-refractivity contribution is 5.83. The van der Waals surface area contributed by atoms with E-state index in [0.717, 1.165) is 62.5 Å². The molecule has 2 aromatic rings. The van der Waals surface area contributed by atoms with E-state index in [4.69, 9.17) is 4.74 Å². The first-order valence-corrected chi connectivity index (χ1v) is 13.3. The van der Waals surface area contributed by atoms with Gasteiger partial charge in [0, 0.05) is 65.1 Å². The zero-order valence-electron chi connectivity index (χ0n) is 21.8. The maximum Gasteiger partial charge on any atom is 0.453 e. The fraction of sp³-hybridized carbons (Fsp3) is 0.615. The van der Waals surface area contributed by atoms with Crippen LogP contribution in [-0.2, 0) is 17.4 Å². The number of carbonyl (C=O) groups excluding carboxylic acids is 1. The predicted molar refractivity (Wildman–Crippen MR) is 135 cm³/mol. The summed E-state index contributed by atoms with van der Waals surface area (Å²) in [5.74, 6) is 1.21. The smallest absolute Gasteiger partial charge is 0.453 e. The number of halogens is 3. The second kappa shape index (κ2) is 10.9. The summed E-state index contributed by atoms with van der Waals surface area (Å²) in [6, 6.07) is 8.52. The first-order chi connectivity index (χ1) is 18.2. The second-order valence-corrected chi connectivity index (χ2v) is 10.3. The zero-order valence-corrected chi connectivity index (χ0v) is 21.8. The molecular weight excluding hydrogens is 499 g/mol. The predicted octanol–water partition coefficient (Wildman–Crippen LogP) is 3.22. The van der Waals surface area contributed by atoms with Gasteiger partial charge in [0.15, 0.2) is 5.82 Å². The number of rotatable bonds is 5. The third-order valence-corrected chi connectivity index (χ3v) is 7.83. The summed E-state index contributed by atoms with van der Waals surface area (Å²) in [5, 5.41) is 11.2. The molecule has 3 aliphatic rings. The molecule has 2 fully saturated rings. The number of likely N-dealkylation sites (tertiary alicyclic amines) is 1. The van der Waals surface area contributed by atoms with Gasteiger partial charge in [0.05, 0.1) is 0 Å². The molecule has 5 rings (SSSR count). The van der Waals surface area contributed by atoms with Gasteiger partial charge in [-0.3, -0.25) is 9.69 Å². The molecule has 1 aromatic carbocycles. The Kier molecular flexibility index (Phi) is 7.60. The van der Waals surface area contributed by atoms with E-state index in [9.17, 15) is 18.0 Å². The van der Waals surface area contributed by atoms with Crippen LogP contribution in [-0.4, -0.2) is 93.2 Å². The van der Waals surface area contributed by atoms with Crippen LogP contribution in [0.2, 0.25) is 0 Å². The van der Waals surface area contributed by atoms with E-state index in [2.05, 4.69) is 44.2 Å². The largest absolute Gasteiger partial charge is 0.492 e. The topological polar surface area (TPSA) is 79.1 Å². The van der Waals surface area contributed by atoms with Crippen LogP contribution in [0, 0.1) is 0 Å². The number of amides is 1. The van der Waals surface area contributed by atoms with Crippen molar-refractivity contribution in [3.63, 3.8) is 0 Å². The van der Waals surface area contributed by atoms with E-state index < -0.39 is 12.0 Å². The van der Waals surface area contributed by atoms with Gasteiger partial charge in [-0.2, -0.15) is 22.9 Å². The SMILES string of the molecule is CC(=O)N1CCN(C(C)COc2ccc(C3CCN(C4=Nn5c(nnc5C(F)(F)F)CC4)CC3)cc2)CC1. The molecule has 0 saturated carbocycles. The number of amidine groups is 1. The van der Waals surface area contributed by atoms with E-state index in [-0.39, 0.29) is 17.8 Å². The average Bonchev–Trinajstić information content (AvgIpc) is 3.36. The average molecular weight is 534 g/mol. The number of hydrogen-bond acceptors (Lipinski definition) is 7. The Labute approximate surface area is 220 Å². The number of benzene rings is 1. The Bertz CT molecular complexity index is 1150. The fourth-order valence-electron chi connectivity index (χ4n) is 5.47. The second-order valence-electron chi connectivity index (χ2n) is 10.3. The molecule has 0 N–H and O–H groups in total. The van der Waals surface area contributed by atoms with Crippen LogP contribution >= 0.6 is 0 Å². The van der Waals surface area contributed by atoms with Crippen molar-refractivity contribution in [3.05, 3.63) is 41.5 Å². The summed E-state index contributed by atoms with van der Waals surface area (Å²) < 4.78 is 46.6. The molecule has 1 unspecified atom stereocenters. The lowest BCUT2D eigenvalue weighted by atomic mass is 9.89. The number of aryl methyl sites for hydroxylation is 1. The molecule has 206 valence electrons. The summed E-state index contributed by atoms with van der Waals surface area (Å²) in [6.45, 7) is 9.08. The van der Waals surface area contributed by atoms with Gasteiger partial charge in [0.25, 0.3) is 5.82 Å². The molecule has 3 aliphatic heterocycles. The highest BCUT2D eigenvalue weighted by Gasteiger charge is 2.40. The zero-order chi connectivity index (χ0) is 26.9. The van der Waals surface area contributed by atoms with Crippen LogP contribution < -0.4 is 4.74 Å². The lowest BCUT2D eigenvalue weighted by molar-refractivity contribution is -0.147. The highest BCUT2D eigenvalue weighted by atomic mass is 19.4. The van der Waals surface area contributed by atoms with Crippen molar-refractivity contribution < 1.29 is 22.7 Å². The molecule has 2 saturated heterocycles. The first kappa shape index (κ1) is 26.5. The standard InChI is InChI=1S/C26H34F3N7O2/c1-18(33-13-15-34(16-14-33)19(2)37)17-38-22-5-3-20(4-6-22)21-9-11-35(12-10-21)24-8-7-23-30-31-25(26(27,28)29)36(23)32-24/h3-6,18,21H,7-17H2,1-2H3. The summed E-state index contributed by atoms with van der Waals surface area (Å²) in [7, 11) is 0. The van der Waals surface area contributed by atoms with Gasteiger partial charge in [-0.15, -0.1) is 10.2 Å². The van der Waals surface area contributed by atoms with Gasteiger partial charge >= 0.3 is 6.18 Å². The van der Waals surface area contributed by atoms with Crippen molar-refractivity contribution in [1.29, 1.82) is 0 Å². The molecular formula is C26H34F3N7O2. The van der Waals surface area contributed by atoms with Gasteiger partial charge in [0.2, 0.25) is 5.91 Å². The number of alkyl halides is 3. The Balaban J connectivity index is 1.11. The number of ether oxygens (including phenoxy) is 1. The van der Waals surface area contributed by atoms with Crippen molar-refractivity contribution in [2.45, 2.75) is 57.7 Å². The minimum absolute atomic E-state index is 0.132. The summed E-state index contributed by atoms with van der Waals surface area (Å²) in [6.07, 6.45) is -1.80. The summed E-state index contributed by atoms with van der Waals surface area (Å²) in [5.41, 5.74) is 1.25. The minimum Gasteiger partial charge on any atom is -0.492 e. The number of aromatic nitrogens is 3. The number of nitrogens with zero attached hydrogens (tertiary/aromatic N) is 7. The number of fused-ring (bicyclic) bond motifs is 1. The number of piperazine rings is 1. The monoisotopic (exact) mass is 533 g/mol. The molecule has 1 amide bonds. The van der Waals surface area contributed by atoms with E-state index >= 15 is 0 Å². The van der Waals surface area contributed by atoms with Crippen molar-refractivity contribution in [3.8, 4) is 5.75 Å². The first-order valence-electron chi connectivity index (χ1n) is 13.3. The van der Waals surface area contributed by atoms with E-state index in [1.807, 2.05) is 17.0 Å². The van der Waals surface area contributed by atoms with E-state index in [0.29, 0.717) is 31.2 Å². The van der Waals surface area contributed by atoms with Crippen LogP contribution in [0.3, 0.4) is 0 Å². The van der Waals surface area contributed by atoms with Crippen molar-refractivity contribution in [2.75, 3.05) is 45.9 Å². The molecule has 1 aromatic heterocycles. The van der Waals surface area contributed by atoms with Crippen molar-refractivity contribution >= 4 is 11.7 Å². The lowest BCUT2D eigenvalue weighted by Crippen LogP contribution is -2.52. The Morgan fingerprint density at radius 1 is 1.03 bits per heavy atom. The maximum absolute atomic E-state index is 13.2. The summed E-state index contributed by atoms with van der Waals surface area (Å²) in [4.78, 5) is 17.9. The third-order valence-electron chi connectivity index (χ3n) is 7.83. The lowest BCUT2D eigenvalue weighted by Gasteiger charge is -2.37. The molecule has 4 heterocycles. The Hall–Kier alpha value is -3.15. The number of carbonyl (C=O) groups is 1. The van der Waals surface area contributed by atoms with E-state index in [1.54, 1.807) is 6.92 Å². The van der Waals surface area contributed by atoms with Crippen LogP contribution in [0.1, 0.15) is 56.2 Å². The Morgan fingerprint density at radius 3 is 2.34 bits per heavy atom. The molecule has 12 heteroatoms. The van der Waals surface area contributed by atoms with Crippen LogP contribution in [0.15, 0.2) is 29.4 Å². The van der Waals surface area contributed by atoms with Gasteiger partial charge in [0.1, 0.15) is 18.2 Å². The highest BCUT2D eigenvalue weighted by Crippen LogP contribution is 2.32. The fourth-order valence-corrected chi connectivity index (χ4v) is 5.47. The van der Waals surface area contributed by atoms with Crippen molar-refractivity contribution in [1.82, 2.24) is 29.6 Å². The quantitative estimate of drug-likeness (QED) is 0.588. The number of piperidine rings is 1. The van der Waals surface area contributed by atoms with Crippen molar-refractivity contribution in [2.24, 2.45) is 5.10 Å². The van der Waals surface area contributed by atoms with Crippen LogP contribution in [0.25, 0.3) is 0 Å². The van der Waals surface area contributed by atoms with Crippen LogP contribution in [0.5, 0.6) is 5.75 Å². The van der Waals surface area contributed by atoms with Crippen LogP contribution in [0.4, 0.5) is 13.2 Å².